The van der Waals surface area contributed by atoms with Gasteiger partial charge in [-0.15, -0.1) is 10.2 Å². The Kier molecular flexibility index (Phi) is 7.02. The van der Waals surface area contributed by atoms with E-state index in [1.165, 1.54) is 30.0 Å². The quantitative estimate of drug-likeness (QED) is 0.343. The maximum absolute atomic E-state index is 12.5. The van der Waals surface area contributed by atoms with E-state index in [2.05, 4.69) is 10.2 Å². The van der Waals surface area contributed by atoms with Crippen LogP contribution in [0, 0.1) is 0 Å². The molecule has 0 N–H and O–H groups in total. The minimum atomic E-state index is -0.00105. The van der Waals surface area contributed by atoms with Crippen LogP contribution < -0.4 is 4.90 Å². The number of rotatable bonds is 9. The minimum Gasteiger partial charge on any atom is -0.342 e. The number of anilines is 1. The average Bonchev–Trinajstić information content (AvgIpc) is 3.43. The highest BCUT2D eigenvalue weighted by Crippen LogP contribution is 2.36. The van der Waals surface area contributed by atoms with Crippen LogP contribution >= 0.6 is 23.1 Å². The van der Waals surface area contributed by atoms with Crippen molar-refractivity contribution < 1.29 is 14.4 Å². The standard InChI is InChI=1S/C20H24N4O3S2/c1-4-18(27)24(16-9-10-16)19-21-22-20(29-19)28-12-17(26)15-7-5-14(6-8-15)11-23(3)13(2)25/h5-8,16H,4,9-12H2,1-3H3. The van der Waals surface area contributed by atoms with Crippen LogP contribution in [0.1, 0.15) is 49.0 Å². The average molecular weight is 433 g/mol. The lowest BCUT2D eigenvalue weighted by molar-refractivity contribution is -0.128. The van der Waals surface area contributed by atoms with Crippen molar-refractivity contribution in [2.24, 2.45) is 0 Å². The highest BCUT2D eigenvalue weighted by atomic mass is 32.2. The van der Waals surface area contributed by atoms with Crippen molar-refractivity contribution in [3.63, 3.8) is 0 Å². The van der Waals surface area contributed by atoms with E-state index in [0.717, 1.165) is 18.4 Å². The van der Waals surface area contributed by atoms with Crippen LogP contribution in [0.3, 0.4) is 0 Å². The van der Waals surface area contributed by atoms with E-state index in [9.17, 15) is 14.4 Å². The molecule has 1 aliphatic carbocycles. The third-order valence-electron chi connectivity index (χ3n) is 4.64. The fourth-order valence-electron chi connectivity index (χ4n) is 2.72. The summed E-state index contributed by atoms with van der Waals surface area (Å²) in [5.74, 6) is 0.319. The predicted molar refractivity (Wildman–Crippen MR) is 114 cm³/mol. The van der Waals surface area contributed by atoms with E-state index >= 15 is 0 Å². The van der Waals surface area contributed by atoms with E-state index in [4.69, 9.17) is 0 Å². The van der Waals surface area contributed by atoms with E-state index in [-0.39, 0.29) is 29.4 Å². The van der Waals surface area contributed by atoms with Crippen molar-refractivity contribution in [2.75, 3.05) is 17.7 Å². The number of aromatic nitrogens is 2. The number of thioether (sulfide) groups is 1. The summed E-state index contributed by atoms with van der Waals surface area (Å²) >= 11 is 2.69. The van der Waals surface area contributed by atoms with Gasteiger partial charge in [-0.1, -0.05) is 54.3 Å². The summed E-state index contributed by atoms with van der Waals surface area (Å²) in [6.45, 7) is 3.88. The third-order valence-corrected chi connectivity index (χ3v) is 6.70. The van der Waals surface area contributed by atoms with Crippen LogP contribution in [-0.4, -0.2) is 51.5 Å². The number of carbonyl (C=O) groups excluding carboxylic acids is 3. The number of benzene rings is 1. The Labute approximate surface area is 178 Å². The van der Waals surface area contributed by atoms with E-state index in [1.54, 1.807) is 29.0 Å². The lowest BCUT2D eigenvalue weighted by Crippen LogP contribution is -2.32. The molecule has 1 aromatic heterocycles. The van der Waals surface area contributed by atoms with Gasteiger partial charge in [-0.2, -0.15) is 0 Å². The highest BCUT2D eigenvalue weighted by molar-refractivity contribution is 8.01. The van der Waals surface area contributed by atoms with Crippen molar-refractivity contribution in [3.8, 4) is 0 Å². The molecule has 1 aromatic carbocycles. The Morgan fingerprint density at radius 2 is 1.86 bits per heavy atom. The first-order valence-electron chi connectivity index (χ1n) is 9.51. The van der Waals surface area contributed by atoms with Crippen LogP contribution in [0.2, 0.25) is 0 Å². The second-order valence-corrected chi connectivity index (χ2v) is 9.16. The summed E-state index contributed by atoms with van der Waals surface area (Å²) < 4.78 is 0.683. The van der Waals surface area contributed by atoms with Crippen LogP contribution in [0.4, 0.5) is 5.13 Å². The fourth-order valence-corrected chi connectivity index (χ4v) is 4.54. The third kappa shape index (κ3) is 5.63. The van der Waals surface area contributed by atoms with E-state index < -0.39 is 0 Å². The smallest absolute Gasteiger partial charge is 0.228 e. The molecular formula is C20H24N4O3S2. The van der Waals surface area contributed by atoms with Gasteiger partial charge in [0.25, 0.3) is 0 Å². The molecule has 0 aliphatic heterocycles. The van der Waals surface area contributed by atoms with E-state index in [1.807, 2.05) is 19.1 Å². The van der Waals surface area contributed by atoms with Crippen molar-refractivity contribution in [3.05, 3.63) is 35.4 Å². The van der Waals surface area contributed by atoms with Crippen LogP contribution in [0.5, 0.6) is 0 Å². The van der Waals surface area contributed by atoms with Crippen LogP contribution in [-0.2, 0) is 16.1 Å². The molecule has 7 nitrogen and oxygen atoms in total. The molecule has 1 fully saturated rings. The zero-order valence-electron chi connectivity index (χ0n) is 16.8. The molecule has 154 valence electrons. The number of Topliss-reactive ketones (excluding diaryl/α,β-unsaturated/α-hetero) is 1. The van der Waals surface area contributed by atoms with Gasteiger partial charge in [0.2, 0.25) is 16.9 Å². The molecule has 0 unspecified atom stereocenters. The summed E-state index contributed by atoms with van der Waals surface area (Å²) in [4.78, 5) is 39.3. The summed E-state index contributed by atoms with van der Waals surface area (Å²) in [6, 6.07) is 7.54. The molecule has 0 bridgehead atoms. The van der Waals surface area contributed by atoms with Gasteiger partial charge in [-0.3, -0.25) is 19.3 Å². The van der Waals surface area contributed by atoms with Gasteiger partial charge < -0.3 is 4.90 Å². The molecule has 1 aliphatic rings. The zero-order chi connectivity index (χ0) is 21.0. The first-order valence-corrected chi connectivity index (χ1v) is 11.3. The molecule has 2 aromatic rings. The van der Waals surface area contributed by atoms with Crippen molar-refractivity contribution in [1.29, 1.82) is 0 Å². The number of nitrogens with zero attached hydrogens (tertiary/aromatic N) is 4. The Morgan fingerprint density at radius 1 is 1.17 bits per heavy atom. The minimum absolute atomic E-state index is 0.00105. The van der Waals surface area contributed by atoms with Crippen molar-refractivity contribution >= 4 is 45.8 Å². The Balaban J connectivity index is 1.56. The molecule has 2 amide bonds. The topological polar surface area (TPSA) is 83.5 Å². The summed E-state index contributed by atoms with van der Waals surface area (Å²) in [5, 5.41) is 8.92. The SMILES string of the molecule is CCC(=O)N(c1nnc(SCC(=O)c2ccc(CN(C)C(C)=O)cc2)s1)C1CC1. The zero-order valence-corrected chi connectivity index (χ0v) is 18.4. The highest BCUT2D eigenvalue weighted by Gasteiger charge is 2.35. The number of hydrogen-bond acceptors (Lipinski definition) is 7. The Hall–Kier alpha value is -2.26. The first-order chi connectivity index (χ1) is 13.9. The predicted octanol–water partition coefficient (Wildman–Crippen LogP) is 3.40. The van der Waals surface area contributed by atoms with Crippen LogP contribution in [0.25, 0.3) is 0 Å². The second kappa shape index (κ2) is 9.49. The van der Waals surface area contributed by atoms with Gasteiger partial charge in [-0.25, -0.2) is 0 Å². The number of hydrogen-bond donors (Lipinski definition) is 0. The second-order valence-electron chi connectivity index (χ2n) is 6.98. The molecule has 29 heavy (non-hydrogen) atoms. The lowest BCUT2D eigenvalue weighted by atomic mass is 10.1. The molecule has 0 spiro atoms. The summed E-state index contributed by atoms with van der Waals surface area (Å²) in [5.41, 5.74) is 1.60. The molecule has 1 saturated carbocycles. The largest absolute Gasteiger partial charge is 0.342 e. The molecule has 1 heterocycles. The number of amides is 2. The number of carbonyl (C=O) groups is 3. The molecule has 0 radical (unpaired) electrons. The fraction of sp³-hybridized carbons (Fsp3) is 0.450. The Bertz CT molecular complexity index is 893. The van der Waals surface area contributed by atoms with Crippen molar-refractivity contribution in [1.82, 2.24) is 15.1 Å². The maximum atomic E-state index is 12.5. The first kappa shape index (κ1) is 21.4. The monoisotopic (exact) mass is 432 g/mol. The van der Waals surface area contributed by atoms with E-state index in [0.29, 0.717) is 28.0 Å². The molecule has 9 heteroatoms. The molecule has 0 saturated heterocycles. The van der Waals surface area contributed by atoms with Gasteiger partial charge in [0.1, 0.15) is 0 Å². The van der Waals surface area contributed by atoms with Gasteiger partial charge in [-0.05, 0) is 18.4 Å². The Morgan fingerprint density at radius 3 is 2.45 bits per heavy atom. The van der Waals surface area contributed by atoms with Gasteiger partial charge in [0.05, 0.1) is 5.75 Å². The molecule has 3 rings (SSSR count). The molecule has 0 atom stereocenters. The summed E-state index contributed by atoms with van der Waals surface area (Å²) in [6.07, 6.45) is 2.45. The number of ketones is 1. The normalized spacial score (nSPS) is 13.2. The van der Waals surface area contributed by atoms with Gasteiger partial charge in [0.15, 0.2) is 10.1 Å². The van der Waals surface area contributed by atoms with Crippen molar-refractivity contribution in [2.45, 2.75) is 50.0 Å². The van der Waals surface area contributed by atoms with Gasteiger partial charge >= 0.3 is 0 Å². The van der Waals surface area contributed by atoms with Gasteiger partial charge in [0, 0.05) is 38.5 Å². The maximum Gasteiger partial charge on any atom is 0.228 e. The molecular weight excluding hydrogens is 408 g/mol. The lowest BCUT2D eigenvalue weighted by Gasteiger charge is -2.17. The van der Waals surface area contributed by atoms with Crippen LogP contribution in [0.15, 0.2) is 28.6 Å². The summed E-state index contributed by atoms with van der Waals surface area (Å²) in [7, 11) is 1.74.